The average molecular weight is 258 g/mol. The van der Waals surface area contributed by atoms with Gasteiger partial charge >= 0.3 is 0 Å². The van der Waals surface area contributed by atoms with E-state index >= 15 is 0 Å². The number of ether oxygens (including phenoxy) is 1. The highest BCUT2D eigenvalue weighted by Crippen LogP contribution is 2.09. The van der Waals surface area contributed by atoms with Crippen LogP contribution in [0.4, 0.5) is 0 Å². The van der Waals surface area contributed by atoms with E-state index in [1.807, 2.05) is 0 Å². The first-order valence-corrected chi connectivity index (χ1v) is 7.87. The van der Waals surface area contributed by atoms with Crippen molar-refractivity contribution in [2.75, 3.05) is 6.61 Å². The largest absolute Gasteiger partial charge is 0.487 e. The fourth-order valence-corrected chi connectivity index (χ4v) is 2.16. The summed E-state index contributed by atoms with van der Waals surface area (Å²) in [5, 5.41) is 0.798. The molecular formula is C15H30OS. The number of rotatable bonds is 12. The Hall–Kier alpha value is -0.110. The zero-order valence-electron chi connectivity index (χ0n) is 11.8. The second-order valence-corrected chi connectivity index (χ2v) is 5.25. The Morgan fingerprint density at radius 1 is 0.765 bits per heavy atom. The lowest BCUT2D eigenvalue weighted by Crippen LogP contribution is -2.02. The third kappa shape index (κ3) is 13.8. The van der Waals surface area contributed by atoms with E-state index in [1.165, 1.54) is 57.8 Å². The topological polar surface area (TPSA) is 9.23 Å². The van der Waals surface area contributed by atoms with Crippen LogP contribution >= 0.6 is 12.2 Å². The molecule has 0 unspecified atom stereocenters. The third-order valence-corrected chi connectivity index (χ3v) is 3.29. The van der Waals surface area contributed by atoms with E-state index in [4.69, 9.17) is 17.0 Å². The van der Waals surface area contributed by atoms with Gasteiger partial charge in [-0.1, -0.05) is 65.2 Å². The summed E-state index contributed by atoms with van der Waals surface area (Å²) in [6.07, 6.45) is 14.2. The van der Waals surface area contributed by atoms with Crippen molar-refractivity contribution < 1.29 is 4.74 Å². The van der Waals surface area contributed by atoms with Gasteiger partial charge in [-0.3, -0.25) is 0 Å². The van der Waals surface area contributed by atoms with Crippen LogP contribution in [0.5, 0.6) is 0 Å². The van der Waals surface area contributed by atoms with Crippen LogP contribution in [-0.2, 0) is 4.74 Å². The molecule has 0 rings (SSSR count). The normalized spacial score (nSPS) is 10.5. The zero-order valence-corrected chi connectivity index (χ0v) is 12.6. The molecule has 0 amide bonds. The van der Waals surface area contributed by atoms with E-state index in [1.54, 1.807) is 0 Å². The van der Waals surface area contributed by atoms with E-state index in [0.717, 1.165) is 24.5 Å². The molecule has 17 heavy (non-hydrogen) atoms. The summed E-state index contributed by atoms with van der Waals surface area (Å²) in [4.78, 5) is 0. The van der Waals surface area contributed by atoms with Crippen LogP contribution in [0.1, 0.15) is 84.5 Å². The van der Waals surface area contributed by atoms with Crippen LogP contribution < -0.4 is 0 Å². The summed E-state index contributed by atoms with van der Waals surface area (Å²) >= 11 is 5.09. The Bertz CT molecular complexity index is 168. The van der Waals surface area contributed by atoms with Crippen molar-refractivity contribution in [1.82, 2.24) is 0 Å². The van der Waals surface area contributed by atoms with Crippen LogP contribution in [0, 0.1) is 0 Å². The molecule has 0 radical (unpaired) electrons. The highest BCUT2D eigenvalue weighted by atomic mass is 32.1. The van der Waals surface area contributed by atoms with Gasteiger partial charge in [0.05, 0.1) is 6.61 Å². The minimum absolute atomic E-state index is 0.798. The van der Waals surface area contributed by atoms with Crippen LogP contribution in [0.2, 0.25) is 0 Å². The molecule has 0 aromatic heterocycles. The van der Waals surface area contributed by atoms with Crippen molar-refractivity contribution in [3.05, 3.63) is 0 Å². The van der Waals surface area contributed by atoms with Gasteiger partial charge < -0.3 is 4.74 Å². The maximum Gasteiger partial charge on any atom is 0.159 e. The highest BCUT2D eigenvalue weighted by Gasteiger charge is 1.96. The standard InChI is InChI=1S/C15H30OS/c1-3-5-6-7-8-9-10-11-12-14-16-15(17)13-4-2/h3-14H2,1-2H3. The molecule has 0 spiro atoms. The first kappa shape index (κ1) is 16.9. The Kier molecular flexibility index (Phi) is 13.9. The lowest BCUT2D eigenvalue weighted by molar-refractivity contribution is 0.291. The summed E-state index contributed by atoms with van der Waals surface area (Å²) in [6.45, 7) is 5.23. The van der Waals surface area contributed by atoms with Crippen molar-refractivity contribution >= 4 is 17.3 Å². The molecule has 102 valence electrons. The van der Waals surface area contributed by atoms with Gasteiger partial charge in [-0.05, 0) is 25.1 Å². The van der Waals surface area contributed by atoms with Gasteiger partial charge in [0.1, 0.15) is 0 Å². The van der Waals surface area contributed by atoms with E-state index in [0.29, 0.717) is 0 Å². The Labute approximate surface area is 113 Å². The lowest BCUT2D eigenvalue weighted by atomic mass is 10.1. The predicted molar refractivity (Wildman–Crippen MR) is 80.7 cm³/mol. The quantitative estimate of drug-likeness (QED) is 0.330. The number of thiocarbonyl (C=S) groups is 1. The van der Waals surface area contributed by atoms with Crippen molar-refractivity contribution in [2.24, 2.45) is 0 Å². The van der Waals surface area contributed by atoms with Crippen molar-refractivity contribution in [3.63, 3.8) is 0 Å². The van der Waals surface area contributed by atoms with Gasteiger partial charge in [-0.2, -0.15) is 0 Å². The van der Waals surface area contributed by atoms with E-state index in [-0.39, 0.29) is 0 Å². The summed E-state index contributed by atoms with van der Waals surface area (Å²) in [5.41, 5.74) is 0. The van der Waals surface area contributed by atoms with E-state index in [9.17, 15) is 0 Å². The molecule has 0 aromatic carbocycles. The number of hydrogen-bond donors (Lipinski definition) is 0. The van der Waals surface area contributed by atoms with Crippen LogP contribution in [0.25, 0.3) is 0 Å². The molecule has 1 nitrogen and oxygen atoms in total. The minimum Gasteiger partial charge on any atom is -0.487 e. The molecule has 0 aliphatic heterocycles. The molecule has 0 aliphatic rings. The first-order valence-electron chi connectivity index (χ1n) is 7.46. The maximum absolute atomic E-state index is 5.47. The highest BCUT2D eigenvalue weighted by molar-refractivity contribution is 7.80. The van der Waals surface area contributed by atoms with Gasteiger partial charge in [-0.25, -0.2) is 0 Å². The van der Waals surface area contributed by atoms with Crippen molar-refractivity contribution in [2.45, 2.75) is 84.5 Å². The Morgan fingerprint density at radius 3 is 1.82 bits per heavy atom. The Balaban J connectivity index is 3.01. The molecule has 0 saturated carbocycles. The van der Waals surface area contributed by atoms with Crippen molar-refractivity contribution in [1.29, 1.82) is 0 Å². The molecule has 0 heterocycles. The van der Waals surface area contributed by atoms with Crippen LogP contribution in [0.15, 0.2) is 0 Å². The molecule has 0 aliphatic carbocycles. The zero-order chi connectivity index (χ0) is 12.8. The van der Waals surface area contributed by atoms with Gasteiger partial charge in [0.2, 0.25) is 0 Å². The van der Waals surface area contributed by atoms with Gasteiger partial charge in [0.25, 0.3) is 0 Å². The summed E-state index contributed by atoms with van der Waals surface area (Å²) in [5.74, 6) is 0. The second-order valence-electron chi connectivity index (χ2n) is 4.80. The summed E-state index contributed by atoms with van der Waals surface area (Å²) < 4.78 is 5.47. The van der Waals surface area contributed by atoms with E-state index in [2.05, 4.69) is 13.8 Å². The molecule has 0 fully saturated rings. The summed E-state index contributed by atoms with van der Waals surface area (Å²) in [6, 6.07) is 0. The second kappa shape index (κ2) is 14.0. The molecule has 0 aromatic rings. The number of unbranched alkanes of at least 4 members (excludes halogenated alkanes) is 8. The minimum atomic E-state index is 0.798. The fourth-order valence-electron chi connectivity index (χ4n) is 1.88. The maximum atomic E-state index is 5.47. The summed E-state index contributed by atoms with van der Waals surface area (Å²) in [7, 11) is 0. The SMILES string of the molecule is CCCCCCCCCCCOC(=S)CCC. The third-order valence-electron chi connectivity index (χ3n) is 2.97. The predicted octanol–water partition coefficient (Wildman–Crippen LogP) is 5.66. The molecular weight excluding hydrogens is 228 g/mol. The fraction of sp³-hybridized carbons (Fsp3) is 0.933. The molecule has 0 saturated heterocycles. The van der Waals surface area contributed by atoms with Gasteiger partial charge in [0, 0.05) is 6.42 Å². The van der Waals surface area contributed by atoms with Gasteiger partial charge in [0.15, 0.2) is 5.05 Å². The van der Waals surface area contributed by atoms with Crippen LogP contribution in [0.3, 0.4) is 0 Å². The molecule has 0 bridgehead atoms. The van der Waals surface area contributed by atoms with Crippen molar-refractivity contribution in [3.8, 4) is 0 Å². The average Bonchev–Trinajstić information content (AvgIpc) is 2.32. The first-order chi connectivity index (χ1) is 8.31. The lowest BCUT2D eigenvalue weighted by Gasteiger charge is -2.06. The smallest absolute Gasteiger partial charge is 0.159 e. The van der Waals surface area contributed by atoms with Crippen LogP contribution in [-0.4, -0.2) is 11.7 Å². The Morgan fingerprint density at radius 2 is 1.29 bits per heavy atom. The van der Waals surface area contributed by atoms with E-state index < -0.39 is 0 Å². The molecule has 0 atom stereocenters. The van der Waals surface area contributed by atoms with Gasteiger partial charge in [-0.15, -0.1) is 0 Å². The molecule has 2 heteroatoms. The molecule has 0 N–H and O–H groups in total. The monoisotopic (exact) mass is 258 g/mol. The number of hydrogen-bond acceptors (Lipinski definition) is 2.